The van der Waals surface area contributed by atoms with E-state index in [4.69, 9.17) is 10.5 Å². The van der Waals surface area contributed by atoms with Crippen molar-refractivity contribution in [1.82, 2.24) is 20.1 Å². The van der Waals surface area contributed by atoms with Gasteiger partial charge in [-0.3, -0.25) is 14.3 Å². The Bertz CT molecular complexity index is 1030. The zero-order valence-electron chi connectivity index (χ0n) is 15.7. The van der Waals surface area contributed by atoms with Crippen LogP contribution in [0.25, 0.3) is 10.9 Å². The Morgan fingerprint density at radius 2 is 2.18 bits per heavy atom. The first kappa shape index (κ1) is 19.8. The Labute approximate surface area is 165 Å². The maximum Gasteiger partial charge on any atom is 0.270 e. The number of aromatic nitrogens is 3. The van der Waals surface area contributed by atoms with Crippen LogP contribution >= 0.6 is 11.3 Å². The summed E-state index contributed by atoms with van der Waals surface area (Å²) in [7, 11) is 1.62. The molecule has 0 bridgehead atoms. The van der Waals surface area contributed by atoms with Crippen molar-refractivity contribution in [1.29, 1.82) is 0 Å². The summed E-state index contributed by atoms with van der Waals surface area (Å²) in [6.45, 7) is 3.67. The molecule has 0 saturated heterocycles. The van der Waals surface area contributed by atoms with E-state index in [-0.39, 0.29) is 5.69 Å². The molecular formula is C18H21N5O4S. The fourth-order valence-electron chi connectivity index (χ4n) is 2.80. The Morgan fingerprint density at radius 1 is 1.43 bits per heavy atom. The molecule has 9 nitrogen and oxygen atoms in total. The number of aliphatic hydroxyl groups is 1. The number of fused-ring (bicyclic) bond motifs is 1. The number of rotatable bonds is 7. The average Bonchev–Trinajstić information content (AvgIpc) is 3.18. The fraction of sp³-hybridized carbons (Fsp3) is 0.333. The Morgan fingerprint density at radius 3 is 2.79 bits per heavy atom. The van der Waals surface area contributed by atoms with E-state index < -0.39 is 24.0 Å². The Hall–Kier alpha value is -2.98. The summed E-state index contributed by atoms with van der Waals surface area (Å²) in [5.41, 5.74) is 6.09. The van der Waals surface area contributed by atoms with Gasteiger partial charge >= 0.3 is 0 Å². The van der Waals surface area contributed by atoms with E-state index in [1.807, 2.05) is 6.92 Å². The maximum atomic E-state index is 12.7. The molecule has 0 aliphatic carbocycles. The van der Waals surface area contributed by atoms with Crippen molar-refractivity contribution >= 4 is 34.1 Å². The molecule has 0 radical (unpaired) electrons. The summed E-state index contributed by atoms with van der Waals surface area (Å²) in [6.07, 6.45) is 0.643. The van der Waals surface area contributed by atoms with Crippen molar-refractivity contribution in [2.45, 2.75) is 32.6 Å². The Balaban J connectivity index is 1.86. The molecule has 2 amide bonds. The van der Waals surface area contributed by atoms with Gasteiger partial charge in [-0.2, -0.15) is 5.10 Å². The monoisotopic (exact) mass is 403 g/mol. The molecule has 2 heterocycles. The summed E-state index contributed by atoms with van der Waals surface area (Å²) >= 11 is 1.55. The first-order valence-corrected chi connectivity index (χ1v) is 9.37. The highest BCUT2D eigenvalue weighted by molar-refractivity contribution is 7.11. The van der Waals surface area contributed by atoms with Crippen LogP contribution in [0.15, 0.2) is 24.4 Å². The highest BCUT2D eigenvalue weighted by atomic mass is 32.1. The van der Waals surface area contributed by atoms with Gasteiger partial charge in [0.25, 0.3) is 5.91 Å². The second-order valence-corrected chi connectivity index (χ2v) is 7.70. The van der Waals surface area contributed by atoms with Crippen LogP contribution in [0.3, 0.4) is 0 Å². The normalized spacial score (nSPS) is 13.3. The lowest BCUT2D eigenvalue weighted by Gasteiger charge is -2.18. The minimum absolute atomic E-state index is 0.237. The molecule has 0 aliphatic rings. The molecule has 1 aromatic carbocycles. The number of ether oxygens (including phenoxy) is 1. The number of aryl methyl sites for hydroxylation is 2. The lowest BCUT2D eigenvalue weighted by Crippen LogP contribution is -2.51. The van der Waals surface area contributed by atoms with E-state index in [2.05, 4.69) is 15.4 Å². The SMILES string of the molecule is Cc1ncc(COc2ccc3nn(C)c(C(=O)N[C@H](C(N)=O)[C@@H](C)O)c3c2)s1. The van der Waals surface area contributed by atoms with Gasteiger partial charge in [0.15, 0.2) is 0 Å². The molecule has 0 fully saturated rings. The van der Waals surface area contributed by atoms with Gasteiger partial charge in [0.1, 0.15) is 24.1 Å². The van der Waals surface area contributed by atoms with Gasteiger partial charge in [0, 0.05) is 18.6 Å². The van der Waals surface area contributed by atoms with E-state index in [1.54, 1.807) is 42.8 Å². The van der Waals surface area contributed by atoms with Crippen LogP contribution in [-0.4, -0.2) is 43.8 Å². The van der Waals surface area contributed by atoms with Crippen LogP contribution in [0.5, 0.6) is 5.75 Å². The number of hydrogen-bond donors (Lipinski definition) is 3. The number of hydrogen-bond acceptors (Lipinski definition) is 7. The topological polar surface area (TPSA) is 132 Å². The van der Waals surface area contributed by atoms with Gasteiger partial charge in [-0.15, -0.1) is 11.3 Å². The van der Waals surface area contributed by atoms with Crippen LogP contribution in [0, 0.1) is 6.92 Å². The predicted octanol–water partition coefficient (Wildman–Crippen LogP) is 0.882. The summed E-state index contributed by atoms with van der Waals surface area (Å²) < 4.78 is 7.22. The fourth-order valence-corrected chi connectivity index (χ4v) is 3.51. The molecular weight excluding hydrogens is 382 g/mol. The molecule has 0 spiro atoms. The molecule has 10 heteroatoms. The van der Waals surface area contributed by atoms with Crippen molar-refractivity contribution in [3.05, 3.63) is 40.0 Å². The summed E-state index contributed by atoms with van der Waals surface area (Å²) in [4.78, 5) is 29.4. The molecule has 28 heavy (non-hydrogen) atoms. The standard InChI is InChI=1S/C18H21N5O4S/c1-9(24)15(17(19)25)21-18(26)16-13-6-11(4-5-14(13)22-23(16)3)27-8-12-7-20-10(2)28-12/h4-7,9,15,24H,8H2,1-3H3,(H2,19,25)(H,21,26)/t9-,15+/m1/s1. The quantitative estimate of drug-likeness (QED) is 0.536. The van der Waals surface area contributed by atoms with Crippen molar-refractivity contribution in [3.8, 4) is 5.75 Å². The van der Waals surface area contributed by atoms with Gasteiger partial charge in [-0.25, -0.2) is 4.98 Å². The summed E-state index contributed by atoms with van der Waals surface area (Å²) in [5, 5.41) is 18.0. The molecule has 2 aromatic heterocycles. The number of nitrogens with zero attached hydrogens (tertiary/aromatic N) is 3. The number of carbonyl (C=O) groups excluding carboxylic acids is 2. The van der Waals surface area contributed by atoms with Crippen LogP contribution in [0.4, 0.5) is 0 Å². The largest absolute Gasteiger partial charge is 0.488 e. The minimum Gasteiger partial charge on any atom is -0.488 e. The van der Waals surface area contributed by atoms with Crippen LogP contribution < -0.4 is 15.8 Å². The molecule has 4 N–H and O–H groups in total. The maximum absolute atomic E-state index is 12.7. The highest BCUT2D eigenvalue weighted by Gasteiger charge is 2.26. The second-order valence-electron chi connectivity index (χ2n) is 6.38. The second kappa shape index (κ2) is 7.95. The average molecular weight is 403 g/mol. The molecule has 0 saturated carbocycles. The van der Waals surface area contributed by atoms with E-state index >= 15 is 0 Å². The third kappa shape index (κ3) is 4.12. The van der Waals surface area contributed by atoms with Crippen molar-refractivity contribution in [3.63, 3.8) is 0 Å². The molecule has 0 aliphatic heterocycles. The van der Waals surface area contributed by atoms with Crippen molar-refractivity contribution in [2.24, 2.45) is 12.8 Å². The van der Waals surface area contributed by atoms with Crippen molar-refractivity contribution in [2.75, 3.05) is 0 Å². The number of thiazole rings is 1. The number of primary amides is 1. The Kier molecular flexibility index (Phi) is 5.61. The zero-order valence-corrected chi connectivity index (χ0v) is 16.5. The summed E-state index contributed by atoms with van der Waals surface area (Å²) in [5.74, 6) is -0.814. The molecule has 148 valence electrons. The predicted molar refractivity (Wildman–Crippen MR) is 104 cm³/mol. The van der Waals surface area contributed by atoms with Gasteiger partial charge in [0.2, 0.25) is 5.91 Å². The van der Waals surface area contributed by atoms with Crippen LogP contribution in [-0.2, 0) is 18.4 Å². The zero-order chi connectivity index (χ0) is 20.4. The number of nitrogens with two attached hydrogens (primary N) is 1. The minimum atomic E-state index is -1.20. The number of benzene rings is 1. The van der Waals surface area contributed by atoms with Crippen molar-refractivity contribution < 1.29 is 19.4 Å². The van der Waals surface area contributed by atoms with Gasteiger partial charge in [0.05, 0.1) is 21.5 Å². The smallest absolute Gasteiger partial charge is 0.270 e. The third-order valence-electron chi connectivity index (χ3n) is 4.15. The van der Waals surface area contributed by atoms with Crippen LogP contribution in [0.1, 0.15) is 27.3 Å². The van der Waals surface area contributed by atoms with Crippen LogP contribution in [0.2, 0.25) is 0 Å². The first-order chi connectivity index (χ1) is 13.3. The van der Waals surface area contributed by atoms with Gasteiger partial charge in [-0.1, -0.05) is 0 Å². The van der Waals surface area contributed by atoms with E-state index in [1.165, 1.54) is 11.6 Å². The lowest BCUT2D eigenvalue weighted by molar-refractivity contribution is -0.122. The molecule has 3 rings (SSSR count). The van der Waals surface area contributed by atoms with Gasteiger partial charge < -0.3 is 20.9 Å². The third-order valence-corrected chi connectivity index (χ3v) is 5.03. The number of nitrogens with one attached hydrogen (secondary N) is 1. The van der Waals surface area contributed by atoms with Gasteiger partial charge in [-0.05, 0) is 32.0 Å². The lowest BCUT2D eigenvalue weighted by atomic mass is 10.1. The van der Waals surface area contributed by atoms with E-state index in [0.29, 0.717) is 23.3 Å². The molecule has 2 atom stereocenters. The van der Waals surface area contributed by atoms with E-state index in [0.717, 1.165) is 9.88 Å². The molecule has 0 unspecified atom stereocenters. The number of aliphatic hydroxyl groups excluding tert-OH is 1. The number of amides is 2. The highest BCUT2D eigenvalue weighted by Crippen LogP contribution is 2.25. The van der Waals surface area contributed by atoms with E-state index in [9.17, 15) is 14.7 Å². The first-order valence-electron chi connectivity index (χ1n) is 8.55. The molecule has 3 aromatic rings. The number of carbonyl (C=O) groups is 2. The summed E-state index contributed by atoms with van der Waals surface area (Å²) in [6, 6.07) is 4.03.